The van der Waals surface area contributed by atoms with Crippen LogP contribution < -0.4 is 4.74 Å². The second kappa shape index (κ2) is 11.9. The van der Waals surface area contributed by atoms with Crippen LogP contribution in [0.25, 0.3) is 0 Å². The quantitative estimate of drug-likeness (QED) is 0.341. The van der Waals surface area contributed by atoms with E-state index in [2.05, 4.69) is 0 Å². The summed E-state index contributed by atoms with van der Waals surface area (Å²) in [6, 6.07) is 6.81. The molecule has 24 heavy (non-hydrogen) atoms. The van der Waals surface area contributed by atoms with Crippen LogP contribution in [0.15, 0.2) is 24.3 Å². The van der Waals surface area contributed by atoms with Crippen molar-refractivity contribution in [1.29, 1.82) is 0 Å². The third-order valence-corrected chi connectivity index (χ3v) is 3.36. The zero-order valence-electron chi connectivity index (χ0n) is 14.1. The lowest BCUT2D eigenvalue weighted by Gasteiger charge is -2.24. The van der Waals surface area contributed by atoms with Gasteiger partial charge >= 0.3 is 0 Å². The number of nitrogens with zero attached hydrogens (tertiary/aromatic N) is 1. The van der Waals surface area contributed by atoms with Crippen LogP contribution in [-0.4, -0.2) is 84.8 Å². The number of aliphatic hydroxyl groups is 3. The minimum absolute atomic E-state index is 0.0196. The first-order chi connectivity index (χ1) is 11.6. The van der Waals surface area contributed by atoms with E-state index < -0.39 is 6.10 Å². The number of hydrogen-bond donors (Lipinski definition) is 3. The second-order valence-electron chi connectivity index (χ2n) is 5.41. The Morgan fingerprint density at radius 3 is 2.67 bits per heavy atom. The van der Waals surface area contributed by atoms with E-state index in [1.807, 2.05) is 4.90 Å². The number of hydrogen-bond acceptors (Lipinski definition) is 7. The van der Waals surface area contributed by atoms with Gasteiger partial charge in [-0.3, -0.25) is 9.69 Å². The average Bonchev–Trinajstić information content (AvgIpc) is 2.57. The summed E-state index contributed by atoms with van der Waals surface area (Å²) in [5.74, 6) is 0.486. The smallest absolute Gasteiger partial charge is 0.159 e. The molecule has 7 heteroatoms. The highest BCUT2D eigenvalue weighted by Crippen LogP contribution is 2.14. The molecular weight excluding hydrogens is 314 g/mol. The lowest BCUT2D eigenvalue weighted by Crippen LogP contribution is -2.39. The molecule has 0 saturated heterocycles. The second-order valence-corrected chi connectivity index (χ2v) is 5.41. The number of ketones is 1. The summed E-state index contributed by atoms with van der Waals surface area (Å²) in [5.41, 5.74) is 0.560. The molecule has 0 spiro atoms. The molecule has 0 aliphatic heterocycles. The van der Waals surface area contributed by atoms with E-state index in [0.717, 1.165) is 0 Å². The number of benzene rings is 1. The zero-order valence-corrected chi connectivity index (χ0v) is 14.1. The van der Waals surface area contributed by atoms with Gasteiger partial charge in [0.25, 0.3) is 0 Å². The predicted molar refractivity (Wildman–Crippen MR) is 89.4 cm³/mol. The fourth-order valence-electron chi connectivity index (χ4n) is 2.14. The van der Waals surface area contributed by atoms with E-state index >= 15 is 0 Å². The van der Waals surface area contributed by atoms with Gasteiger partial charge in [-0.2, -0.15) is 0 Å². The molecule has 0 amide bonds. The van der Waals surface area contributed by atoms with Crippen LogP contribution in [-0.2, 0) is 4.74 Å². The highest BCUT2D eigenvalue weighted by Gasteiger charge is 2.12. The van der Waals surface area contributed by atoms with Crippen LogP contribution in [0.4, 0.5) is 0 Å². The van der Waals surface area contributed by atoms with Crippen LogP contribution in [0.5, 0.6) is 5.75 Å². The topological polar surface area (TPSA) is 99.5 Å². The number of aliphatic hydroxyl groups excluding tert-OH is 3. The first kappa shape index (κ1) is 20.5. The van der Waals surface area contributed by atoms with Crippen molar-refractivity contribution < 1.29 is 29.6 Å². The van der Waals surface area contributed by atoms with Gasteiger partial charge in [0.05, 0.1) is 26.4 Å². The van der Waals surface area contributed by atoms with Crippen molar-refractivity contribution in [2.24, 2.45) is 0 Å². The fourth-order valence-corrected chi connectivity index (χ4v) is 2.14. The fraction of sp³-hybridized carbons (Fsp3) is 0.588. The maximum atomic E-state index is 11.3. The molecule has 0 aromatic heterocycles. The van der Waals surface area contributed by atoms with Gasteiger partial charge in [0, 0.05) is 25.2 Å². The van der Waals surface area contributed by atoms with E-state index in [1.54, 1.807) is 24.3 Å². The third-order valence-electron chi connectivity index (χ3n) is 3.36. The summed E-state index contributed by atoms with van der Waals surface area (Å²) in [5, 5.41) is 27.8. The van der Waals surface area contributed by atoms with E-state index in [1.165, 1.54) is 6.92 Å². The molecule has 0 bridgehead atoms. The van der Waals surface area contributed by atoms with E-state index in [-0.39, 0.29) is 32.2 Å². The molecule has 1 rings (SSSR count). The lowest BCUT2D eigenvalue weighted by atomic mass is 10.1. The Morgan fingerprint density at radius 1 is 1.21 bits per heavy atom. The Hall–Kier alpha value is -1.51. The first-order valence-corrected chi connectivity index (χ1v) is 8.00. The standard InChI is InChI=1S/C17H27NO6/c1-14(21)15-3-2-4-17(11-15)24-13-16(22)12-18(5-7-19)6-9-23-10-8-20/h2-4,11,16,19-20,22H,5-10,12-13H2,1H3/t16-/m1/s1. The summed E-state index contributed by atoms with van der Waals surface area (Å²) < 4.78 is 10.7. The van der Waals surface area contributed by atoms with Crippen molar-refractivity contribution in [1.82, 2.24) is 4.90 Å². The SMILES string of the molecule is CC(=O)c1cccc(OC[C@H](O)CN(CCO)CCOCCO)c1. The van der Waals surface area contributed by atoms with Crippen molar-refractivity contribution in [3.8, 4) is 5.75 Å². The lowest BCUT2D eigenvalue weighted by molar-refractivity contribution is 0.0363. The Kier molecular flexibility index (Phi) is 10.2. The number of carbonyl (C=O) groups excluding carboxylic acids is 1. The maximum Gasteiger partial charge on any atom is 0.159 e. The average molecular weight is 341 g/mol. The van der Waals surface area contributed by atoms with Crippen LogP contribution >= 0.6 is 0 Å². The summed E-state index contributed by atoms with van der Waals surface area (Å²) in [4.78, 5) is 13.2. The molecule has 1 aromatic rings. The number of Topliss-reactive ketones (excluding diaryl/α,β-unsaturated/α-hetero) is 1. The van der Waals surface area contributed by atoms with Gasteiger partial charge in [0.2, 0.25) is 0 Å². The van der Waals surface area contributed by atoms with E-state index in [4.69, 9.17) is 19.7 Å². The van der Waals surface area contributed by atoms with Gasteiger partial charge in [0.1, 0.15) is 18.5 Å². The molecule has 0 fully saturated rings. The van der Waals surface area contributed by atoms with Crippen LogP contribution in [0.3, 0.4) is 0 Å². The molecule has 136 valence electrons. The van der Waals surface area contributed by atoms with Crippen molar-refractivity contribution in [2.75, 3.05) is 52.7 Å². The molecule has 0 unspecified atom stereocenters. The normalized spacial score (nSPS) is 12.4. The largest absolute Gasteiger partial charge is 0.491 e. The molecule has 1 aromatic carbocycles. The van der Waals surface area contributed by atoms with Crippen LogP contribution in [0.1, 0.15) is 17.3 Å². The third kappa shape index (κ3) is 8.37. The van der Waals surface area contributed by atoms with Gasteiger partial charge in [-0.25, -0.2) is 0 Å². The molecule has 3 N–H and O–H groups in total. The minimum atomic E-state index is -0.740. The van der Waals surface area contributed by atoms with Crippen molar-refractivity contribution in [2.45, 2.75) is 13.0 Å². The first-order valence-electron chi connectivity index (χ1n) is 8.00. The Balaban J connectivity index is 2.40. The number of carbonyl (C=O) groups is 1. The number of rotatable bonds is 13. The van der Waals surface area contributed by atoms with Gasteiger partial charge < -0.3 is 24.8 Å². The molecule has 0 radical (unpaired) electrons. The summed E-state index contributed by atoms with van der Waals surface area (Å²) in [7, 11) is 0. The van der Waals surface area contributed by atoms with Gasteiger partial charge in [-0.15, -0.1) is 0 Å². The molecule has 0 saturated carbocycles. The summed E-state index contributed by atoms with van der Waals surface area (Å²) in [6.07, 6.45) is -0.740. The van der Waals surface area contributed by atoms with Gasteiger partial charge in [0.15, 0.2) is 5.78 Å². The Labute approximate surface area is 142 Å². The van der Waals surface area contributed by atoms with Crippen molar-refractivity contribution >= 4 is 5.78 Å². The monoisotopic (exact) mass is 341 g/mol. The molecule has 0 aliphatic carbocycles. The van der Waals surface area contributed by atoms with Gasteiger partial charge in [-0.1, -0.05) is 12.1 Å². The van der Waals surface area contributed by atoms with E-state index in [0.29, 0.717) is 37.6 Å². The van der Waals surface area contributed by atoms with Gasteiger partial charge in [-0.05, 0) is 19.1 Å². The predicted octanol–water partition coefficient (Wildman–Crippen LogP) is -0.0679. The van der Waals surface area contributed by atoms with Crippen LogP contribution in [0, 0.1) is 0 Å². The highest BCUT2D eigenvalue weighted by atomic mass is 16.5. The van der Waals surface area contributed by atoms with Crippen molar-refractivity contribution in [3.05, 3.63) is 29.8 Å². The summed E-state index contributed by atoms with van der Waals surface area (Å²) in [6.45, 7) is 3.48. The zero-order chi connectivity index (χ0) is 17.8. The molecular formula is C17H27NO6. The maximum absolute atomic E-state index is 11.3. The Bertz CT molecular complexity index is 482. The molecule has 0 aliphatic rings. The van der Waals surface area contributed by atoms with Crippen LogP contribution in [0.2, 0.25) is 0 Å². The highest BCUT2D eigenvalue weighted by molar-refractivity contribution is 5.94. The number of ether oxygens (including phenoxy) is 2. The minimum Gasteiger partial charge on any atom is -0.491 e. The summed E-state index contributed by atoms with van der Waals surface area (Å²) >= 11 is 0. The van der Waals surface area contributed by atoms with E-state index in [9.17, 15) is 9.90 Å². The molecule has 1 atom stereocenters. The Morgan fingerprint density at radius 2 is 2.00 bits per heavy atom. The molecule has 0 heterocycles. The van der Waals surface area contributed by atoms with Crippen molar-refractivity contribution in [3.63, 3.8) is 0 Å². The molecule has 7 nitrogen and oxygen atoms in total.